The zero-order valence-electron chi connectivity index (χ0n) is 15.6. The van der Waals surface area contributed by atoms with E-state index in [-0.39, 0.29) is 41.0 Å². The Kier molecular flexibility index (Phi) is 4.80. The SMILES string of the molecule is Cc1cc(C(=O)C2CC3CCC(C2)N3C(=O)OC(C)(C)C)c(F)cc1F. The minimum atomic E-state index is -0.819. The van der Waals surface area contributed by atoms with E-state index in [1.165, 1.54) is 13.0 Å². The van der Waals surface area contributed by atoms with E-state index in [2.05, 4.69) is 0 Å². The van der Waals surface area contributed by atoms with Crippen molar-refractivity contribution in [3.63, 3.8) is 0 Å². The lowest BCUT2D eigenvalue weighted by molar-refractivity contribution is 0.00250. The van der Waals surface area contributed by atoms with Crippen molar-refractivity contribution in [3.8, 4) is 0 Å². The second-order valence-corrected chi connectivity index (χ2v) is 8.39. The minimum absolute atomic E-state index is 0.0565. The molecule has 2 aliphatic heterocycles. The Labute approximate surface area is 152 Å². The molecule has 0 radical (unpaired) electrons. The fourth-order valence-corrected chi connectivity index (χ4v) is 4.07. The Morgan fingerprint density at radius 3 is 2.19 bits per heavy atom. The van der Waals surface area contributed by atoms with Crippen molar-refractivity contribution in [3.05, 3.63) is 34.9 Å². The van der Waals surface area contributed by atoms with Crippen LogP contribution in [0, 0.1) is 24.5 Å². The molecule has 2 heterocycles. The molecule has 2 fully saturated rings. The number of carbonyl (C=O) groups excluding carboxylic acids is 2. The van der Waals surface area contributed by atoms with Crippen LogP contribution in [0.5, 0.6) is 0 Å². The normalized spacial score (nSPS) is 25.3. The summed E-state index contributed by atoms with van der Waals surface area (Å²) in [4.78, 5) is 27.0. The molecule has 1 aromatic rings. The average Bonchev–Trinajstić information content (AvgIpc) is 2.79. The van der Waals surface area contributed by atoms with Crippen molar-refractivity contribution in [1.29, 1.82) is 0 Å². The first-order chi connectivity index (χ1) is 12.1. The van der Waals surface area contributed by atoms with Crippen LogP contribution < -0.4 is 0 Å². The number of carbonyl (C=O) groups is 2. The number of halogens is 2. The topological polar surface area (TPSA) is 46.6 Å². The molecule has 6 heteroatoms. The number of hydrogen-bond donors (Lipinski definition) is 0. The molecule has 2 unspecified atom stereocenters. The van der Waals surface area contributed by atoms with Gasteiger partial charge in [-0.2, -0.15) is 0 Å². The lowest BCUT2D eigenvalue weighted by atomic mass is 9.84. The third-order valence-electron chi connectivity index (χ3n) is 5.22. The largest absolute Gasteiger partial charge is 0.444 e. The van der Waals surface area contributed by atoms with Gasteiger partial charge in [0.15, 0.2) is 5.78 Å². The van der Waals surface area contributed by atoms with Crippen LogP contribution in [0.1, 0.15) is 62.4 Å². The molecule has 0 aliphatic carbocycles. The van der Waals surface area contributed by atoms with Crippen LogP contribution in [0.4, 0.5) is 13.6 Å². The highest BCUT2D eigenvalue weighted by molar-refractivity contribution is 5.98. The summed E-state index contributed by atoms with van der Waals surface area (Å²) in [5.41, 5.74) is -0.374. The molecule has 2 atom stereocenters. The average molecular weight is 365 g/mol. The number of nitrogens with zero attached hydrogens (tertiary/aromatic N) is 1. The molecule has 1 amide bonds. The van der Waals surface area contributed by atoms with Gasteiger partial charge in [0.05, 0.1) is 5.56 Å². The second kappa shape index (κ2) is 6.63. The molecule has 2 bridgehead atoms. The van der Waals surface area contributed by atoms with Crippen molar-refractivity contribution in [2.75, 3.05) is 0 Å². The maximum atomic E-state index is 14.1. The van der Waals surface area contributed by atoms with Gasteiger partial charge >= 0.3 is 6.09 Å². The van der Waals surface area contributed by atoms with Crippen molar-refractivity contribution in [1.82, 2.24) is 4.90 Å². The summed E-state index contributed by atoms with van der Waals surface area (Å²) < 4.78 is 33.0. The molecule has 0 saturated carbocycles. The Morgan fingerprint density at radius 1 is 1.08 bits per heavy atom. The predicted molar refractivity (Wildman–Crippen MR) is 93.0 cm³/mol. The van der Waals surface area contributed by atoms with Crippen molar-refractivity contribution < 1.29 is 23.1 Å². The highest BCUT2D eigenvalue weighted by Gasteiger charge is 2.46. The Bertz CT molecular complexity index is 727. The lowest BCUT2D eigenvalue weighted by Crippen LogP contribution is -2.49. The summed E-state index contributed by atoms with van der Waals surface area (Å²) in [5.74, 6) is -2.13. The van der Waals surface area contributed by atoms with Gasteiger partial charge in [-0.3, -0.25) is 4.79 Å². The fourth-order valence-electron chi connectivity index (χ4n) is 4.07. The number of benzene rings is 1. The number of Topliss-reactive ketones (excluding diaryl/α,β-unsaturated/α-hetero) is 1. The molecule has 3 rings (SSSR count). The highest BCUT2D eigenvalue weighted by Crippen LogP contribution is 2.41. The maximum Gasteiger partial charge on any atom is 0.410 e. The lowest BCUT2D eigenvalue weighted by Gasteiger charge is -2.39. The van der Waals surface area contributed by atoms with Crippen molar-refractivity contribution in [2.45, 2.75) is 71.1 Å². The number of rotatable bonds is 2. The summed E-state index contributed by atoms with van der Waals surface area (Å²) in [7, 11) is 0. The molecule has 2 aliphatic rings. The Balaban J connectivity index is 1.76. The van der Waals surface area contributed by atoms with E-state index in [0.29, 0.717) is 12.8 Å². The second-order valence-electron chi connectivity index (χ2n) is 8.39. The van der Waals surface area contributed by atoms with E-state index in [9.17, 15) is 18.4 Å². The van der Waals surface area contributed by atoms with Gasteiger partial charge in [0.2, 0.25) is 0 Å². The van der Waals surface area contributed by atoms with Crippen molar-refractivity contribution in [2.24, 2.45) is 5.92 Å². The predicted octanol–water partition coefficient (Wildman–Crippen LogP) is 4.63. The first kappa shape index (κ1) is 18.8. The number of ketones is 1. The molecule has 4 nitrogen and oxygen atoms in total. The zero-order valence-corrected chi connectivity index (χ0v) is 15.6. The molecule has 0 aromatic heterocycles. The van der Waals surface area contributed by atoms with Crippen LogP contribution in [0.3, 0.4) is 0 Å². The van der Waals surface area contributed by atoms with E-state index in [4.69, 9.17) is 4.74 Å². The van der Waals surface area contributed by atoms with Crippen LogP contribution in [0.2, 0.25) is 0 Å². The van der Waals surface area contributed by atoms with Gasteiger partial charge in [-0.25, -0.2) is 13.6 Å². The molecule has 142 valence electrons. The third kappa shape index (κ3) is 3.60. The minimum Gasteiger partial charge on any atom is -0.444 e. The van der Waals surface area contributed by atoms with E-state index in [0.717, 1.165) is 18.9 Å². The molecule has 1 aromatic carbocycles. The first-order valence-electron chi connectivity index (χ1n) is 9.08. The van der Waals surface area contributed by atoms with Gasteiger partial charge in [-0.15, -0.1) is 0 Å². The van der Waals surface area contributed by atoms with Crippen molar-refractivity contribution >= 4 is 11.9 Å². The third-order valence-corrected chi connectivity index (χ3v) is 5.22. The highest BCUT2D eigenvalue weighted by atomic mass is 19.1. The van der Waals surface area contributed by atoms with Gasteiger partial charge in [-0.1, -0.05) is 0 Å². The number of aryl methyl sites for hydroxylation is 1. The smallest absolute Gasteiger partial charge is 0.410 e. The Hall–Kier alpha value is -1.98. The summed E-state index contributed by atoms with van der Waals surface area (Å²) in [6.07, 6.45) is 2.27. The standard InChI is InChI=1S/C20H25F2NO3/c1-11-7-15(17(22)10-16(11)21)18(24)12-8-13-5-6-14(9-12)23(13)19(25)26-20(2,3)4/h7,10,12-14H,5-6,8-9H2,1-4H3. The maximum absolute atomic E-state index is 14.1. The van der Waals surface area contributed by atoms with E-state index < -0.39 is 17.2 Å². The summed E-state index contributed by atoms with van der Waals surface area (Å²) >= 11 is 0. The van der Waals surface area contributed by atoms with Crippen LogP contribution in [0.15, 0.2) is 12.1 Å². The molecular weight excluding hydrogens is 340 g/mol. The molecule has 26 heavy (non-hydrogen) atoms. The van der Waals surface area contributed by atoms with Crippen LogP contribution in [-0.4, -0.2) is 34.5 Å². The summed E-state index contributed by atoms with van der Waals surface area (Å²) in [5, 5.41) is 0. The number of fused-ring (bicyclic) bond motifs is 2. The number of hydrogen-bond acceptors (Lipinski definition) is 3. The number of ether oxygens (including phenoxy) is 1. The zero-order chi connectivity index (χ0) is 19.2. The van der Waals surface area contributed by atoms with Gasteiger partial charge in [0.25, 0.3) is 0 Å². The van der Waals surface area contributed by atoms with Gasteiger partial charge in [0.1, 0.15) is 17.2 Å². The van der Waals surface area contributed by atoms with E-state index in [1.807, 2.05) is 20.8 Å². The van der Waals surface area contributed by atoms with E-state index in [1.54, 1.807) is 4.90 Å². The fraction of sp³-hybridized carbons (Fsp3) is 0.600. The van der Waals surface area contributed by atoms with Gasteiger partial charge < -0.3 is 9.64 Å². The quantitative estimate of drug-likeness (QED) is 0.718. The van der Waals surface area contributed by atoms with Gasteiger partial charge in [-0.05, 0) is 65.0 Å². The molecule has 0 N–H and O–H groups in total. The Morgan fingerprint density at radius 2 is 1.65 bits per heavy atom. The molecule has 0 spiro atoms. The monoisotopic (exact) mass is 365 g/mol. The van der Waals surface area contributed by atoms with Gasteiger partial charge in [0, 0.05) is 24.1 Å². The van der Waals surface area contributed by atoms with Crippen LogP contribution in [-0.2, 0) is 4.74 Å². The first-order valence-corrected chi connectivity index (χ1v) is 9.08. The summed E-state index contributed by atoms with van der Waals surface area (Å²) in [6, 6.07) is 1.92. The van der Waals surface area contributed by atoms with Crippen LogP contribution in [0.25, 0.3) is 0 Å². The number of piperidine rings is 1. The molecule has 2 saturated heterocycles. The number of amides is 1. The van der Waals surface area contributed by atoms with Crippen LogP contribution >= 0.6 is 0 Å². The molecular formula is C20H25F2NO3. The summed E-state index contributed by atoms with van der Waals surface area (Å²) in [6.45, 7) is 6.98. The van der Waals surface area contributed by atoms with E-state index >= 15 is 0 Å².